The van der Waals surface area contributed by atoms with Gasteiger partial charge in [-0.1, -0.05) is 212 Å². The third-order valence-electron chi connectivity index (χ3n) is 16.6. The zero-order valence-corrected chi connectivity index (χ0v) is 43.5. The highest BCUT2D eigenvalue weighted by molar-refractivity contribution is 7.20. The number of fused-ring (bicyclic) bond motifs is 17. The van der Waals surface area contributed by atoms with E-state index in [1.54, 1.807) is 0 Å². The minimum atomic E-state index is -2.89. The molecule has 17 rings (SSSR count). The van der Waals surface area contributed by atoms with E-state index in [1.807, 2.05) is 18.2 Å². The third kappa shape index (κ3) is 6.58. The molecule has 1 aliphatic carbocycles. The Balaban J connectivity index is 0.000000215. The highest BCUT2D eigenvalue weighted by Crippen LogP contribution is 2.44. The van der Waals surface area contributed by atoms with Crippen molar-refractivity contribution in [2.45, 2.75) is 6.42 Å². The molecule has 0 spiro atoms. The molecule has 0 bridgehead atoms. The van der Waals surface area contributed by atoms with Crippen LogP contribution in [0.15, 0.2) is 288 Å². The van der Waals surface area contributed by atoms with Gasteiger partial charge in [-0.15, -0.1) is 0 Å². The normalized spacial score (nSPS) is 12.3. The van der Waals surface area contributed by atoms with Gasteiger partial charge in [0.2, 0.25) is 0 Å². The van der Waals surface area contributed by atoms with E-state index < -0.39 is 8.07 Å². The standard InChI is InChI=1S/C54H36N2OSi.C19H12O.H2/c1-4-16-37(17-5-1)55-49-25-13-11-23-44(49)48-36-42(32-35-51(48)55)58(39-18-6-2-7-19-39,40-20-8-3-9-21-40)41-30-28-38(29-31-41)56-50-26-14-10-22-43(50)46-33-34-47-45-24-12-15-27-52(45)57-54(47)53(46)56;1-2-6-13-12(5-1)11-17-14(13)9-10-16-15-7-3-4-8-18(15)20-19(16)17;/h1-36H;1-10H,11H2;1H. The molecule has 0 aliphatic heterocycles. The van der Waals surface area contributed by atoms with Crippen molar-refractivity contribution in [3.05, 3.63) is 290 Å². The molecule has 368 valence electrons. The number of furan rings is 2. The fourth-order valence-electron chi connectivity index (χ4n) is 13.2. The van der Waals surface area contributed by atoms with Crippen LogP contribution >= 0.6 is 0 Å². The van der Waals surface area contributed by atoms with E-state index in [0.717, 1.165) is 61.9 Å². The monoisotopic (exact) mass is 1010 g/mol. The van der Waals surface area contributed by atoms with Gasteiger partial charge in [0.1, 0.15) is 16.7 Å². The summed E-state index contributed by atoms with van der Waals surface area (Å²) in [6, 6.07) is 102. The predicted molar refractivity (Wildman–Crippen MR) is 330 cm³/mol. The molecule has 0 amide bonds. The molecule has 16 aromatic rings. The zero-order chi connectivity index (χ0) is 51.3. The van der Waals surface area contributed by atoms with E-state index in [-0.39, 0.29) is 1.43 Å². The Morgan fingerprint density at radius 3 is 1.47 bits per heavy atom. The second-order valence-electron chi connectivity index (χ2n) is 20.6. The average molecular weight is 1020 g/mol. The topological polar surface area (TPSA) is 36.1 Å². The molecule has 0 unspecified atom stereocenters. The van der Waals surface area contributed by atoms with Crippen LogP contribution in [0.2, 0.25) is 0 Å². The largest absolute Gasteiger partial charge is 0.456 e. The Kier molecular flexibility index (Phi) is 9.99. The Morgan fingerprint density at radius 1 is 0.308 bits per heavy atom. The molecular formula is C73H50N2O2Si. The van der Waals surface area contributed by atoms with Crippen LogP contribution in [0.25, 0.3) is 110 Å². The minimum Gasteiger partial charge on any atom is -0.456 e. The lowest BCUT2D eigenvalue weighted by atomic mass is 10.0. The van der Waals surface area contributed by atoms with E-state index in [2.05, 4.69) is 270 Å². The van der Waals surface area contributed by atoms with Crippen molar-refractivity contribution in [3.8, 4) is 22.5 Å². The van der Waals surface area contributed by atoms with E-state index in [9.17, 15) is 0 Å². The zero-order valence-electron chi connectivity index (χ0n) is 42.5. The van der Waals surface area contributed by atoms with Crippen LogP contribution < -0.4 is 20.7 Å². The van der Waals surface area contributed by atoms with Gasteiger partial charge in [0.15, 0.2) is 13.7 Å². The van der Waals surface area contributed by atoms with Crippen LogP contribution in [0.4, 0.5) is 0 Å². The van der Waals surface area contributed by atoms with Crippen molar-refractivity contribution in [2.75, 3.05) is 0 Å². The number of para-hydroxylation sites is 5. The van der Waals surface area contributed by atoms with Gasteiger partial charge in [-0.25, -0.2) is 0 Å². The first kappa shape index (κ1) is 44.4. The molecular weight excluding hydrogens is 965 g/mol. The van der Waals surface area contributed by atoms with Crippen molar-refractivity contribution in [1.29, 1.82) is 0 Å². The van der Waals surface area contributed by atoms with Crippen LogP contribution in [0.3, 0.4) is 0 Å². The summed E-state index contributed by atoms with van der Waals surface area (Å²) in [6.45, 7) is 0. The van der Waals surface area contributed by atoms with Gasteiger partial charge in [-0.05, 0) is 104 Å². The van der Waals surface area contributed by atoms with Gasteiger partial charge >= 0.3 is 0 Å². The molecule has 4 heterocycles. The molecule has 78 heavy (non-hydrogen) atoms. The van der Waals surface area contributed by atoms with Crippen LogP contribution in [0.1, 0.15) is 12.6 Å². The first-order valence-electron chi connectivity index (χ1n) is 26.9. The minimum absolute atomic E-state index is 0. The molecule has 0 fully saturated rings. The van der Waals surface area contributed by atoms with Gasteiger partial charge < -0.3 is 18.0 Å². The van der Waals surface area contributed by atoms with E-state index in [0.29, 0.717) is 0 Å². The number of hydrogen-bond donors (Lipinski definition) is 0. The number of aromatic nitrogens is 2. The Hall–Kier alpha value is -9.94. The molecule has 1 aliphatic rings. The lowest BCUT2D eigenvalue weighted by Crippen LogP contribution is -2.74. The number of rotatable bonds is 6. The lowest BCUT2D eigenvalue weighted by molar-refractivity contribution is 0.665. The summed E-state index contributed by atoms with van der Waals surface area (Å²) < 4.78 is 17.6. The first-order valence-corrected chi connectivity index (χ1v) is 28.9. The predicted octanol–water partition coefficient (Wildman–Crippen LogP) is 16.6. The van der Waals surface area contributed by atoms with Crippen molar-refractivity contribution < 1.29 is 10.3 Å². The summed E-state index contributed by atoms with van der Waals surface area (Å²) in [5.41, 5.74) is 16.2. The molecule has 0 atom stereocenters. The Morgan fingerprint density at radius 2 is 0.782 bits per heavy atom. The maximum absolute atomic E-state index is 6.69. The third-order valence-corrected chi connectivity index (χ3v) is 21.4. The highest BCUT2D eigenvalue weighted by Gasteiger charge is 2.42. The van der Waals surface area contributed by atoms with Gasteiger partial charge in [0.25, 0.3) is 0 Å². The fourth-order valence-corrected chi connectivity index (χ4v) is 17.9. The molecule has 0 radical (unpaired) electrons. The summed E-state index contributed by atoms with van der Waals surface area (Å²) in [4.78, 5) is 0. The second-order valence-corrected chi connectivity index (χ2v) is 24.4. The molecule has 0 N–H and O–H groups in total. The summed E-state index contributed by atoms with van der Waals surface area (Å²) in [5, 5.41) is 15.0. The quantitative estimate of drug-likeness (QED) is 0.123. The summed E-state index contributed by atoms with van der Waals surface area (Å²) in [6.07, 6.45) is 0.975. The van der Waals surface area contributed by atoms with Crippen LogP contribution in [-0.4, -0.2) is 17.2 Å². The number of hydrogen-bond acceptors (Lipinski definition) is 2. The second kappa shape index (κ2) is 17.6. The van der Waals surface area contributed by atoms with Crippen molar-refractivity contribution >= 4 is 116 Å². The molecule has 12 aromatic carbocycles. The van der Waals surface area contributed by atoms with Gasteiger partial charge in [-0.2, -0.15) is 0 Å². The van der Waals surface area contributed by atoms with Gasteiger partial charge in [0, 0.05) is 67.9 Å². The Labute approximate surface area is 452 Å². The van der Waals surface area contributed by atoms with Crippen LogP contribution in [0, 0.1) is 0 Å². The van der Waals surface area contributed by atoms with E-state index in [1.165, 1.54) is 86.4 Å². The molecule has 4 aromatic heterocycles. The SMILES string of the molecule is [HH].c1ccc(-n2c3ccccc3c3cc([Si](c4ccccc4)(c4ccccc4)c4ccc(-n5c6ccccc6c6ccc7c8ccccc8oc7c65)cc4)ccc32)cc1.c1ccc2c(c1)Cc1c-2ccc2c1oc1ccccc12. The van der Waals surface area contributed by atoms with E-state index in [4.69, 9.17) is 8.83 Å². The molecule has 4 nitrogen and oxygen atoms in total. The Bertz CT molecular complexity index is 4960. The lowest BCUT2D eigenvalue weighted by Gasteiger charge is -2.34. The molecule has 5 heteroatoms. The smallest absolute Gasteiger partial charge is 0.179 e. The van der Waals surface area contributed by atoms with Crippen molar-refractivity contribution in [3.63, 3.8) is 0 Å². The number of nitrogens with zero attached hydrogens (tertiary/aromatic N) is 2. The summed E-state index contributed by atoms with van der Waals surface area (Å²) in [5.74, 6) is 0. The van der Waals surface area contributed by atoms with Crippen LogP contribution in [-0.2, 0) is 6.42 Å². The maximum Gasteiger partial charge on any atom is 0.179 e. The summed E-state index contributed by atoms with van der Waals surface area (Å²) >= 11 is 0. The highest BCUT2D eigenvalue weighted by atomic mass is 28.3. The van der Waals surface area contributed by atoms with Crippen LogP contribution in [0.5, 0.6) is 0 Å². The van der Waals surface area contributed by atoms with Gasteiger partial charge in [0.05, 0.1) is 22.1 Å². The molecule has 0 saturated heterocycles. The van der Waals surface area contributed by atoms with Crippen molar-refractivity contribution in [1.82, 2.24) is 9.13 Å². The average Bonchev–Trinajstić information content (AvgIpc) is 4.53. The maximum atomic E-state index is 6.69. The number of benzene rings is 12. The molecule has 0 saturated carbocycles. The fraction of sp³-hybridized carbons (Fsp3) is 0.0137. The first-order chi connectivity index (χ1) is 38.7. The van der Waals surface area contributed by atoms with Gasteiger partial charge in [-0.3, -0.25) is 0 Å². The van der Waals surface area contributed by atoms with Crippen molar-refractivity contribution in [2.24, 2.45) is 0 Å². The summed E-state index contributed by atoms with van der Waals surface area (Å²) in [7, 11) is -2.89. The van der Waals surface area contributed by atoms with E-state index >= 15 is 0 Å².